The molecule has 21 heavy (non-hydrogen) atoms. The van der Waals surface area contributed by atoms with E-state index in [1.807, 2.05) is 10.8 Å². The van der Waals surface area contributed by atoms with Gasteiger partial charge in [-0.05, 0) is 18.8 Å². The molecule has 3 heterocycles. The summed E-state index contributed by atoms with van der Waals surface area (Å²) in [5.74, 6) is -0.254. The van der Waals surface area contributed by atoms with Crippen molar-refractivity contribution in [3.8, 4) is 11.4 Å². The first-order valence-electron chi connectivity index (χ1n) is 6.80. The number of carboxylic acids is 1. The van der Waals surface area contributed by atoms with Gasteiger partial charge in [-0.2, -0.15) is 0 Å². The number of rotatable bonds is 4. The maximum Gasteiger partial charge on any atom is 0.339 e. The molecule has 0 saturated heterocycles. The Balaban J connectivity index is 1.73. The van der Waals surface area contributed by atoms with Crippen LogP contribution in [0.15, 0.2) is 24.9 Å². The fraction of sp³-hybridized carbons (Fsp3) is 0.286. The van der Waals surface area contributed by atoms with Crippen LogP contribution in [0.1, 0.15) is 23.2 Å². The highest BCUT2D eigenvalue weighted by molar-refractivity contribution is 6.00. The second-order valence-corrected chi connectivity index (χ2v) is 5.36. The van der Waals surface area contributed by atoms with Gasteiger partial charge in [-0.25, -0.2) is 19.7 Å². The summed E-state index contributed by atoms with van der Waals surface area (Å²) in [5, 5.41) is 9.14. The number of aromatic nitrogens is 5. The lowest BCUT2D eigenvalue weighted by Crippen LogP contribution is -1.97. The van der Waals surface area contributed by atoms with E-state index in [4.69, 9.17) is 5.11 Å². The molecular formula is C14H13N5O2. The number of imidazole rings is 1. The number of aromatic amines is 1. The zero-order valence-corrected chi connectivity index (χ0v) is 11.2. The van der Waals surface area contributed by atoms with Crippen molar-refractivity contribution >= 4 is 17.1 Å². The maximum atomic E-state index is 11.1. The molecule has 1 aliphatic carbocycles. The topological polar surface area (TPSA) is 96.7 Å². The Morgan fingerprint density at radius 3 is 3.00 bits per heavy atom. The Hall–Kier alpha value is -2.70. The van der Waals surface area contributed by atoms with Gasteiger partial charge in [0.1, 0.15) is 22.5 Å². The van der Waals surface area contributed by atoms with Crippen molar-refractivity contribution in [1.29, 1.82) is 0 Å². The van der Waals surface area contributed by atoms with Gasteiger partial charge < -0.3 is 14.7 Å². The smallest absolute Gasteiger partial charge is 0.339 e. The van der Waals surface area contributed by atoms with Crippen LogP contribution in [-0.2, 0) is 6.54 Å². The number of nitrogens with zero attached hydrogens (tertiary/aromatic N) is 4. The minimum atomic E-state index is -1.02. The molecule has 3 aromatic heterocycles. The summed E-state index contributed by atoms with van der Waals surface area (Å²) in [5.41, 5.74) is 2.24. The third kappa shape index (κ3) is 2.16. The number of nitrogens with one attached hydrogen (secondary N) is 1. The second-order valence-electron chi connectivity index (χ2n) is 5.36. The predicted molar refractivity (Wildman–Crippen MR) is 74.8 cm³/mol. The van der Waals surface area contributed by atoms with E-state index in [-0.39, 0.29) is 5.56 Å². The molecular weight excluding hydrogens is 270 g/mol. The van der Waals surface area contributed by atoms with Gasteiger partial charge in [-0.15, -0.1) is 0 Å². The molecule has 7 nitrogen and oxygen atoms in total. The van der Waals surface area contributed by atoms with Gasteiger partial charge in [-0.1, -0.05) is 0 Å². The molecule has 0 spiro atoms. The van der Waals surface area contributed by atoms with E-state index in [1.165, 1.54) is 19.0 Å². The first kappa shape index (κ1) is 12.1. The number of fused-ring (bicyclic) bond motifs is 1. The standard InChI is InChI=1S/C14H13N5O2/c20-14(21)9-3-15-13-12(9)18-10(4-16-13)11-6-19(7-17-11)5-8-1-2-8/h3-4,6-8H,1-2,5H2,(H,15,16)(H,20,21). The zero-order chi connectivity index (χ0) is 14.4. The van der Waals surface area contributed by atoms with Crippen molar-refractivity contribution in [2.45, 2.75) is 19.4 Å². The van der Waals surface area contributed by atoms with E-state index in [1.54, 1.807) is 12.5 Å². The molecule has 3 aromatic rings. The summed E-state index contributed by atoms with van der Waals surface area (Å²) in [6, 6.07) is 0. The molecule has 0 unspecified atom stereocenters. The highest BCUT2D eigenvalue weighted by atomic mass is 16.4. The van der Waals surface area contributed by atoms with E-state index in [2.05, 4.69) is 19.9 Å². The van der Waals surface area contributed by atoms with Gasteiger partial charge in [0.15, 0.2) is 5.65 Å². The van der Waals surface area contributed by atoms with Gasteiger partial charge >= 0.3 is 5.97 Å². The van der Waals surface area contributed by atoms with Gasteiger partial charge in [0.05, 0.1) is 12.5 Å². The predicted octanol–water partition coefficient (Wildman–Crippen LogP) is 1.93. The highest BCUT2D eigenvalue weighted by Gasteiger charge is 2.22. The van der Waals surface area contributed by atoms with E-state index in [9.17, 15) is 4.79 Å². The van der Waals surface area contributed by atoms with Crippen LogP contribution in [0.2, 0.25) is 0 Å². The summed E-state index contributed by atoms with van der Waals surface area (Å²) in [6.07, 6.45) is 9.29. The molecule has 2 N–H and O–H groups in total. The minimum absolute atomic E-state index is 0.122. The first-order valence-corrected chi connectivity index (χ1v) is 6.80. The SMILES string of the molecule is O=C(O)c1c[nH]c2ncc(-c3cn(CC4CC4)cn3)nc12. The summed E-state index contributed by atoms with van der Waals surface area (Å²) in [6.45, 7) is 0.979. The molecule has 0 atom stereocenters. The molecule has 0 aromatic carbocycles. The van der Waals surface area contributed by atoms with Gasteiger partial charge in [0.25, 0.3) is 0 Å². The van der Waals surface area contributed by atoms with Crippen LogP contribution in [0.5, 0.6) is 0 Å². The van der Waals surface area contributed by atoms with Crippen molar-refractivity contribution in [3.63, 3.8) is 0 Å². The molecule has 1 fully saturated rings. The van der Waals surface area contributed by atoms with E-state index >= 15 is 0 Å². The van der Waals surface area contributed by atoms with Crippen molar-refractivity contribution in [1.82, 2.24) is 24.5 Å². The van der Waals surface area contributed by atoms with Crippen LogP contribution in [0.25, 0.3) is 22.6 Å². The van der Waals surface area contributed by atoms with Crippen molar-refractivity contribution < 1.29 is 9.90 Å². The van der Waals surface area contributed by atoms with Crippen LogP contribution in [0, 0.1) is 5.92 Å². The molecule has 4 rings (SSSR count). The molecule has 0 aliphatic heterocycles. The Kier molecular flexibility index (Phi) is 2.53. The number of H-pyrrole nitrogens is 1. The molecule has 7 heteroatoms. The summed E-state index contributed by atoms with van der Waals surface area (Å²) in [4.78, 5) is 26.9. The molecule has 0 bridgehead atoms. The zero-order valence-electron chi connectivity index (χ0n) is 11.2. The fourth-order valence-corrected chi connectivity index (χ4v) is 2.37. The number of hydrogen-bond donors (Lipinski definition) is 2. The lowest BCUT2D eigenvalue weighted by Gasteiger charge is -1.98. The molecule has 0 amide bonds. The Morgan fingerprint density at radius 1 is 1.38 bits per heavy atom. The van der Waals surface area contributed by atoms with Crippen LogP contribution in [-0.4, -0.2) is 35.6 Å². The molecule has 106 valence electrons. The largest absolute Gasteiger partial charge is 0.478 e. The summed E-state index contributed by atoms with van der Waals surface area (Å²) >= 11 is 0. The van der Waals surface area contributed by atoms with E-state index < -0.39 is 5.97 Å². The average molecular weight is 283 g/mol. The van der Waals surface area contributed by atoms with E-state index in [0.717, 1.165) is 12.5 Å². The van der Waals surface area contributed by atoms with Crippen molar-refractivity contribution in [3.05, 3.63) is 30.5 Å². The van der Waals surface area contributed by atoms with Gasteiger partial charge in [0.2, 0.25) is 0 Å². The average Bonchev–Trinajstić information content (AvgIpc) is 3.00. The van der Waals surface area contributed by atoms with Crippen molar-refractivity contribution in [2.75, 3.05) is 0 Å². The maximum absolute atomic E-state index is 11.1. The fourth-order valence-electron chi connectivity index (χ4n) is 2.37. The monoisotopic (exact) mass is 283 g/mol. The van der Waals surface area contributed by atoms with E-state index in [0.29, 0.717) is 22.6 Å². The quantitative estimate of drug-likeness (QED) is 0.762. The Bertz CT molecular complexity index is 831. The molecule has 1 aliphatic rings. The van der Waals surface area contributed by atoms with Gasteiger partial charge in [0, 0.05) is 18.9 Å². The van der Waals surface area contributed by atoms with Crippen LogP contribution in [0.4, 0.5) is 0 Å². The van der Waals surface area contributed by atoms with Crippen LogP contribution < -0.4 is 0 Å². The normalized spacial score (nSPS) is 14.7. The Labute approximate surface area is 119 Å². The second kappa shape index (κ2) is 4.41. The van der Waals surface area contributed by atoms with Crippen LogP contribution in [0.3, 0.4) is 0 Å². The number of hydrogen-bond acceptors (Lipinski definition) is 4. The molecule has 0 radical (unpaired) electrons. The summed E-state index contributed by atoms with van der Waals surface area (Å²) in [7, 11) is 0. The number of aromatic carboxylic acids is 1. The molecule has 1 saturated carbocycles. The Morgan fingerprint density at radius 2 is 2.24 bits per heavy atom. The lowest BCUT2D eigenvalue weighted by molar-refractivity contribution is 0.0699. The van der Waals surface area contributed by atoms with Gasteiger partial charge in [-0.3, -0.25) is 0 Å². The first-order chi connectivity index (χ1) is 10.2. The minimum Gasteiger partial charge on any atom is -0.478 e. The highest BCUT2D eigenvalue weighted by Crippen LogP contribution is 2.31. The third-order valence-corrected chi connectivity index (χ3v) is 3.67. The van der Waals surface area contributed by atoms with Crippen molar-refractivity contribution in [2.24, 2.45) is 5.92 Å². The van der Waals surface area contributed by atoms with Crippen LogP contribution >= 0.6 is 0 Å². The lowest BCUT2D eigenvalue weighted by atomic mass is 10.3. The number of carbonyl (C=O) groups is 1. The number of carboxylic acid groups (broad SMARTS) is 1. The summed E-state index contributed by atoms with van der Waals surface area (Å²) < 4.78 is 2.05. The third-order valence-electron chi connectivity index (χ3n) is 3.67.